The first-order valence-corrected chi connectivity index (χ1v) is 20.5. The van der Waals surface area contributed by atoms with Crippen LogP contribution in [0.1, 0.15) is 62.7 Å². The molecule has 0 aliphatic carbocycles. The minimum atomic E-state index is -2.42. The van der Waals surface area contributed by atoms with Crippen LogP contribution >= 0.6 is 0 Å². The summed E-state index contributed by atoms with van der Waals surface area (Å²) in [6, 6.07) is 24.2. The van der Waals surface area contributed by atoms with Crippen LogP contribution < -0.4 is 19.6 Å². The number of carbonyl (C=O) groups is 2. The van der Waals surface area contributed by atoms with Crippen LogP contribution in [0.5, 0.6) is 11.5 Å². The molecule has 2 aliphatic rings. The van der Waals surface area contributed by atoms with Gasteiger partial charge < -0.3 is 29.1 Å². The zero-order valence-corrected chi connectivity index (χ0v) is 30.2. The van der Waals surface area contributed by atoms with Crippen molar-refractivity contribution in [1.29, 1.82) is 0 Å². The number of aliphatic hydroxyl groups excluding tert-OH is 1. The number of hydrogen-bond donors (Lipinski definition) is 1. The second-order valence-corrected chi connectivity index (χ2v) is 18.6. The lowest BCUT2D eigenvalue weighted by molar-refractivity contribution is -0.133. The third kappa shape index (κ3) is 7.96. The molecule has 1 unspecified atom stereocenters. The van der Waals surface area contributed by atoms with Gasteiger partial charge in [-0.05, 0) is 48.7 Å². The fourth-order valence-corrected chi connectivity index (χ4v) is 10.8. The highest BCUT2D eigenvalue weighted by molar-refractivity contribution is 6.91. The summed E-state index contributed by atoms with van der Waals surface area (Å²) in [6.07, 6.45) is 4.41. The molecular weight excluding hydrogens is 621 g/mol. The summed E-state index contributed by atoms with van der Waals surface area (Å²) in [5.74, 6) is 1.61. The summed E-state index contributed by atoms with van der Waals surface area (Å²) in [7, 11) is 0.979. The van der Waals surface area contributed by atoms with Gasteiger partial charge in [0.2, 0.25) is 11.8 Å². The summed E-state index contributed by atoms with van der Waals surface area (Å²) in [4.78, 5) is 31.1. The summed E-state index contributed by atoms with van der Waals surface area (Å²) in [5, 5.41) is 11.2. The van der Waals surface area contributed by atoms with Crippen molar-refractivity contribution in [3.05, 3.63) is 83.9 Å². The summed E-state index contributed by atoms with van der Waals surface area (Å²) in [5.41, 5.74) is 2.73. The second-order valence-electron chi connectivity index (χ2n) is 13.8. The van der Waals surface area contributed by atoms with Crippen LogP contribution in [0, 0.1) is 5.92 Å². The third-order valence-electron chi connectivity index (χ3n) is 10.4. The molecule has 8 nitrogen and oxygen atoms in total. The Morgan fingerprint density at radius 3 is 2.44 bits per heavy atom. The minimum Gasteiger partial charge on any atom is -0.497 e. The molecule has 0 saturated carbocycles. The maximum absolute atomic E-state index is 14.3. The van der Waals surface area contributed by atoms with Gasteiger partial charge in [0.05, 0.1) is 27.9 Å². The van der Waals surface area contributed by atoms with Crippen LogP contribution in [0.25, 0.3) is 0 Å². The first-order chi connectivity index (χ1) is 23.2. The number of fused-ring (bicyclic) bond motifs is 1. The number of aliphatic hydroxyl groups is 1. The molecule has 1 fully saturated rings. The molecule has 4 atom stereocenters. The standard InChI is InChI=1S/C39H52N2O6Si/c1-28-38(46-3)33-25-30(41-22-12-7-6-11-15-36(41)43)16-21-34(33)47-39(28)35(48(4,5)32-19-17-31(45-2)18-20-32)26-37(44)40(23-24-42)27-29-13-9-8-10-14-29/h8-10,13-14,16-21,25,28,35,38-39,42H,6-7,11-12,15,22-24,26-27H2,1-5H3/t28-,35?,38-,39-/m0/s1. The Kier molecular flexibility index (Phi) is 12.0. The number of nitrogens with zero attached hydrogens (tertiary/aromatic N) is 2. The molecule has 2 heterocycles. The Bertz CT molecular complexity index is 1510. The summed E-state index contributed by atoms with van der Waals surface area (Å²) >= 11 is 0. The molecule has 9 heteroatoms. The van der Waals surface area contributed by atoms with Gasteiger partial charge in [0.1, 0.15) is 17.6 Å². The van der Waals surface area contributed by atoms with Crippen LogP contribution in [0.2, 0.25) is 18.6 Å². The lowest BCUT2D eigenvalue weighted by Crippen LogP contribution is -2.55. The summed E-state index contributed by atoms with van der Waals surface area (Å²) in [6.45, 7) is 8.07. The number of methoxy groups -OCH3 is 2. The highest BCUT2D eigenvalue weighted by atomic mass is 28.3. The number of rotatable bonds is 12. The molecule has 0 aromatic heterocycles. The molecule has 48 heavy (non-hydrogen) atoms. The van der Waals surface area contributed by atoms with Crippen LogP contribution in [-0.4, -0.2) is 69.9 Å². The maximum Gasteiger partial charge on any atom is 0.226 e. The molecule has 0 radical (unpaired) electrons. The zero-order chi connectivity index (χ0) is 34.3. The number of hydrogen-bond acceptors (Lipinski definition) is 6. The highest BCUT2D eigenvalue weighted by Gasteiger charge is 2.48. The van der Waals surface area contributed by atoms with Crippen molar-refractivity contribution in [2.24, 2.45) is 5.92 Å². The Hall–Kier alpha value is -3.66. The predicted molar refractivity (Wildman–Crippen MR) is 193 cm³/mol. The van der Waals surface area contributed by atoms with E-state index in [0.29, 0.717) is 19.5 Å². The zero-order valence-electron chi connectivity index (χ0n) is 29.2. The van der Waals surface area contributed by atoms with E-state index < -0.39 is 8.07 Å². The Labute approximate surface area is 287 Å². The number of ether oxygens (including phenoxy) is 3. The first kappa shape index (κ1) is 35.6. The van der Waals surface area contributed by atoms with Gasteiger partial charge in [0.15, 0.2) is 0 Å². The molecule has 258 valence electrons. The third-order valence-corrected chi connectivity index (χ3v) is 14.6. The quantitative estimate of drug-likeness (QED) is 0.222. The topological polar surface area (TPSA) is 88.5 Å². The minimum absolute atomic E-state index is 0.00602. The molecule has 3 aromatic rings. The van der Waals surface area contributed by atoms with E-state index in [0.717, 1.165) is 54.0 Å². The van der Waals surface area contributed by atoms with Gasteiger partial charge in [-0.1, -0.05) is 80.5 Å². The van der Waals surface area contributed by atoms with E-state index in [1.54, 1.807) is 19.1 Å². The van der Waals surface area contributed by atoms with Crippen molar-refractivity contribution in [1.82, 2.24) is 4.90 Å². The van der Waals surface area contributed by atoms with E-state index in [1.165, 1.54) is 5.19 Å². The number of benzene rings is 3. The Morgan fingerprint density at radius 1 is 1.02 bits per heavy atom. The van der Waals surface area contributed by atoms with E-state index >= 15 is 0 Å². The van der Waals surface area contributed by atoms with Crippen molar-refractivity contribution in [2.75, 3.05) is 38.8 Å². The number of amides is 2. The average molecular weight is 673 g/mol. The molecular formula is C39H52N2O6Si. The van der Waals surface area contributed by atoms with Gasteiger partial charge in [0, 0.05) is 62.3 Å². The SMILES string of the molecule is COc1ccc([Si](C)(C)C(CC(=O)N(CCO)Cc2ccccc2)[C@H]2Oc3ccc(N4CCCCCCC4=O)cc3[C@@H](OC)[C@@H]2C)cc1. The Balaban J connectivity index is 1.50. The van der Waals surface area contributed by atoms with E-state index in [1.807, 2.05) is 59.5 Å². The van der Waals surface area contributed by atoms with Gasteiger partial charge in [0.25, 0.3) is 0 Å². The molecule has 1 N–H and O–H groups in total. The molecule has 5 rings (SSSR count). The lowest BCUT2D eigenvalue weighted by Gasteiger charge is -2.46. The van der Waals surface area contributed by atoms with E-state index in [9.17, 15) is 14.7 Å². The number of carbonyl (C=O) groups excluding carboxylic acids is 2. The molecule has 1 saturated heterocycles. The first-order valence-electron chi connectivity index (χ1n) is 17.4. The molecule has 2 amide bonds. The van der Waals surface area contributed by atoms with Crippen molar-refractivity contribution in [2.45, 2.75) is 82.8 Å². The van der Waals surface area contributed by atoms with Gasteiger partial charge in [-0.3, -0.25) is 9.59 Å². The Morgan fingerprint density at radius 2 is 1.75 bits per heavy atom. The average Bonchev–Trinajstić information content (AvgIpc) is 3.09. The van der Waals surface area contributed by atoms with Crippen LogP contribution in [-0.2, 0) is 20.9 Å². The van der Waals surface area contributed by atoms with Crippen molar-refractivity contribution in [3.8, 4) is 11.5 Å². The molecule has 2 aliphatic heterocycles. The smallest absolute Gasteiger partial charge is 0.226 e. The van der Waals surface area contributed by atoms with Gasteiger partial charge in [-0.2, -0.15) is 0 Å². The molecule has 3 aromatic carbocycles. The fourth-order valence-electron chi connectivity index (χ4n) is 7.52. The van der Waals surface area contributed by atoms with E-state index in [2.05, 4.69) is 38.2 Å². The lowest BCUT2D eigenvalue weighted by atomic mass is 9.86. The van der Waals surface area contributed by atoms with Gasteiger partial charge in [-0.15, -0.1) is 0 Å². The largest absolute Gasteiger partial charge is 0.497 e. The second kappa shape index (κ2) is 16.2. The van der Waals surface area contributed by atoms with Crippen LogP contribution in [0.4, 0.5) is 5.69 Å². The van der Waals surface area contributed by atoms with Crippen LogP contribution in [0.15, 0.2) is 72.8 Å². The monoisotopic (exact) mass is 672 g/mol. The number of anilines is 1. The van der Waals surface area contributed by atoms with E-state index in [4.69, 9.17) is 14.2 Å². The molecule has 0 bridgehead atoms. The van der Waals surface area contributed by atoms with Gasteiger partial charge in [-0.25, -0.2) is 0 Å². The van der Waals surface area contributed by atoms with E-state index in [-0.39, 0.29) is 55.1 Å². The molecule has 0 spiro atoms. The van der Waals surface area contributed by atoms with Gasteiger partial charge >= 0.3 is 0 Å². The predicted octanol–water partition coefficient (Wildman–Crippen LogP) is 6.47. The fraction of sp³-hybridized carbons (Fsp3) is 0.487. The highest BCUT2D eigenvalue weighted by Crippen LogP contribution is 2.48. The van der Waals surface area contributed by atoms with Crippen molar-refractivity contribution < 1.29 is 28.9 Å². The maximum atomic E-state index is 14.3. The van der Waals surface area contributed by atoms with Crippen molar-refractivity contribution in [3.63, 3.8) is 0 Å². The van der Waals surface area contributed by atoms with Crippen molar-refractivity contribution >= 4 is 30.8 Å². The normalized spacial score (nSPS) is 20.6. The summed E-state index contributed by atoms with van der Waals surface area (Å²) < 4.78 is 18.7. The van der Waals surface area contributed by atoms with Crippen LogP contribution in [0.3, 0.4) is 0 Å².